The zero-order valence-corrected chi connectivity index (χ0v) is 12.8. The molecule has 0 aliphatic rings. The zero-order chi connectivity index (χ0) is 11.7. The van der Waals surface area contributed by atoms with Gasteiger partial charge in [0.1, 0.15) is 0 Å². The Balaban J connectivity index is -0.000000980. The molecule has 0 saturated carbocycles. The molecule has 0 rings (SSSR count). The van der Waals surface area contributed by atoms with E-state index in [0.717, 1.165) is 19.3 Å². The summed E-state index contributed by atoms with van der Waals surface area (Å²) < 4.78 is 29.0. The Bertz CT molecular complexity index is 314. The van der Waals surface area contributed by atoms with Crippen LogP contribution in [-0.2, 0) is 14.9 Å². The van der Waals surface area contributed by atoms with Gasteiger partial charge in [0.25, 0.3) is 5.12 Å². The first-order chi connectivity index (χ1) is 6.98. The van der Waals surface area contributed by atoms with Crippen LogP contribution in [0.3, 0.4) is 0 Å². The van der Waals surface area contributed by atoms with Crippen LogP contribution in [0.15, 0.2) is 12.2 Å². The SMILES string of the molecule is CCCCCC=CCCC(=O)S(=O)(=O)O.[H-].[Na+]. The third kappa shape index (κ3) is 10.8. The second-order valence-corrected chi connectivity index (χ2v) is 4.76. The first-order valence-corrected chi connectivity index (χ1v) is 6.57. The number of carbonyl (C=O) groups is 1. The van der Waals surface area contributed by atoms with Gasteiger partial charge in [-0.2, -0.15) is 8.42 Å². The van der Waals surface area contributed by atoms with Gasteiger partial charge in [-0.25, -0.2) is 0 Å². The van der Waals surface area contributed by atoms with Gasteiger partial charge in [-0.05, 0) is 19.3 Å². The fourth-order valence-electron chi connectivity index (χ4n) is 1.08. The molecule has 0 aliphatic heterocycles. The fraction of sp³-hybridized carbons (Fsp3) is 0.700. The topological polar surface area (TPSA) is 71.4 Å². The number of unbranched alkanes of at least 4 members (excludes halogenated alkanes) is 3. The minimum absolute atomic E-state index is 0. The van der Waals surface area contributed by atoms with Gasteiger partial charge >= 0.3 is 39.7 Å². The van der Waals surface area contributed by atoms with Gasteiger partial charge in [0.05, 0.1) is 0 Å². The van der Waals surface area contributed by atoms with Crippen molar-refractivity contribution in [3.63, 3.8) is 0 Å². The molecule has 90 valence electrons. The molecule has 0 radical (unpaired) electrons. The van der Waals surface area contributed by atoms with E-state index in [0.29, 0.717) is 6.42 Å². The van der Waals surface area contributed by atoms with Crippen LogP contribution in [0.4, 0.5) is 0 Å². The van der Waals surface area contributed by atoms with E-state index in [1.54, 1.807) is 6.08 Å². The minimum atomic E-state index is -4.48. The van der Waals surface area contributed by atoms with Crippen LogP contribution in [-0.4, -0.2) is 18.1 Å². The van der Waals surface area contributed by atoms with Crippen molar-refractivity contribution < 1.29 is 48.7 Å². The van der Waals surface area contributed by atoms with Crippen LogP contribution in [0.1, 0.15) is 46.9 Å². The molecular weight excluding hydrogens is 239 g/mol. The van der Waals surface area contributed by atoms with Crippen LogP contribution >= 0.6 is 0 Å². The first-order valence-electron chi connectivity index (χ1n) is 5.13. The molecule has 0 saturated heterocycles. The standard InChI is InChI=1S/C10H18O4S.Na.H/c1-2-3-4-5-6-7-8-9-10(11)15(12,13)14;;/h6-7H,2-5,8-9H2,1H3,(H,12,13,14);;/q;+1;-1. The Morgan fingerprint density at radius 2 is 1.81 bits per heavy atom. The third-order valence-electron chi connectivity index (χ3n) is 1.94. The van der Waals surface area contributed by atoms with Gasteiger partial charge < -0.3 is 1.43 Å². The molecule has 0 aromatic carbocycles. The number of carbonyl (C=O) groups excluding carboxylic acids is 1. The average Bonchev–Trinajstić information content (AvgIpc) is 2.14. The molecule has 0 aromatic rings. The zero-order valence-electron chi connectivity index (χ0n) is 11.0. The van der Waals surface area contributed by atoms with Crippen LogP contribution in [0, 0.1) is 0 Å². The second kappa shape index (κ2) is 10.5. The van der Waals surface area contributed by atoms with Crippen molar-refractivity contribution in [2.75, 3.05) is 0 Å². The van der Waals surface area contributed by atoms with Crippen molar-refractivity contribution in [1.29, 1.82) is 0 Å². The van der Waals surface area contributed by atoms with Gasteiger partial charge in [0.2, 0.25) is 0 Å². The molecule has 1 N–H and O–H groups in total. The van der Waals surface area contributed by atoms with Crippen molar-refractivity contribution in [1.82, 2.24) is 0 Å². The summed E-state index contributed by atoms with van der Waals surface area (Å²) in [5.74, 6) is 0. The number of hydrogen-bond donors (Lipinski definition) is 1. The number of hydrogen-bond acceptors (Lipinski definition) is 3. The van der Waals surface area contributed by atoms with Gasteiger partial charge in [-0.3, -0.25) is 9.35 Å². The molecule has 0 fully saturated rings. The second-order valence-electron chi connectivity index (χ2n) is 3.35. The summed E-state index contributed by atoms with van der Waals surface area (Å²) in [4.78, 5) is 10.7. The van der Waals surface area contributed by atoms with Gasteiger partial charge in [-0.15, -0.1) is 0 Å². The van der Waals surface area contributed by atoms with Crippen LogP contribution in [0.25, 0.3) is 0 Å². The molecule has 0 heterocycles. The van der Waals surface area contributed by atoms with Crippen LogP contribution < -0.4 is 29.6 Å². The molecule has 0 unspecified atom stereocenters. The summed E-state index contributed by atoms with van der Waals surface area (Å²) >= 11 is 0. The summed E-state index contributed by atoms with van der Waals surface area (Å²) in [6.07, 6.45) is 8.33. The van der Waals surface area contributed by atoms with Crippen molar-refractivity contribution in [2.45, 2.75) is 45.4 Å². The Hall–Kier alpha value is 0.320. The summed E-state index contributed by atoms with van der Waals surface area (Å²) in [6, 6.07) is 0. The monoisotopic (exact) mass is 258 g/mol. The molecule has 16 heavy (non-hydrogen) atoms. The fourth-order valence-corrected chi connectivity index (χ4v) is 1.45. The predicted octanol–water partition coefficient (Wildman–Crippen LogP) is -0.566. The Kier molecular flexibility index (Phi) is 12.2. The maximum atomic E-state index is 10.7. The van der Waals surface area contributed by atoms with Crippen molar-refractivity contribution in [2.24, 2.45) is 0 Å². The maximum Gasteiger partial charge on any atom is 1.00 e. The molecular formula is C10H19NaO4S. The predicted molar refractivity (Wildman–Crippen MR) is 60.2 cm³/mol. The summed E-state index contributed by atoms with van der Waals surface area (Å²) in [7, 11) is -4.48. The van der Waals surface area contributed by atoms with E-state index in [-0.39, 0.29) is 37.4 Å². The quantitative estimate of drug-likeness (QED) is 0.287. The molecule has 0 amide bonds. The third-order valence-corrected chi connectivity index (χ3v) is 2.72. The average molecular weight is 258 g/mol. The van der Waals surface area contributed by atoms with E-state index in [1.165, 1.54) is 6.42 Å². The maximum absolute atomic E-state index is 10.7. The molecule has 6 heteroatoms. The number of rotatable bonds is 7. The molecule has 0 bridgehead atoms. The number of allylic oxidation sites excluding steroid dienone is 2. The van der Waals surface area contributed by atoms with E-state index in [1.807, 2.05) is 6.08 Å². The molecule has 0 atom stereocenters. The van der Waals surface area contributed by atoms with Crippen molar-refractivity contribution >= 4 is 15.2 Å². The minimum Gasteiger partial charge on any atom is -1.00 e. The smallest absolute Gasteiger partial charge is 1.00 e. The first kappa shape index (κ1) is 18.7. The van der Waals surface area contributed by atoms with E-state index in [2.05, 4.69) is 6.92 Å². The van der Waals surface area contributed by atoms with E-state index >= 15 is 0 Å². The molecule has 0 aliphatic carbocycles. The van der Waals surface area contributed by atoms with Gasteiger partial charge in [-0.1, -0.05) is 31.9 Å². The van der Waals surface area contributed by atoms with E-state index in [4.69, 9.17) is 4.55 Å². The van der Waals surface area contributed by atoms with Crippen molar-refractivity contribution in [3.05, 3.63) is 12.2 Å². The Labute approximate surface area is 121 Å². The largest absolute Gasteiger partial charge is 1.00 e. The normalized spacial score (nSPS) is 11.4. The van der Waals surface area contributed by atoms with Crippen LogP contribution in [0.5, 0.6) is 0 Å². The molecule has 0 spiro atoms. The summed E-state index contributed by atoms with van der Waals surface area (Å²) in [5.41, 5.74) is 0. The van der Waals surface area contributed by atoms with Gasteiger partial charge in [0.15, 0.2) is 0 Å². The Morgan fingerprint density at radius 1 is 1.25 bits per heavy atom. The van der Waals surface area contributed by atoms with Crippen molar-refractivity contribution in [3.8, 4) is 0 Å². The summed E-state index contributed by atoms with van der Waals surface area (Å²) in [6.45, 7) is 2.12. The van der Waals surface area contributed by atoms with E-state index < -0.39 is 15.2 Å². The molecule has 0 aromatic heterocycles. The molecule has 4 nitrogen and oxygen atoms in total. The Morgan fingerprint density at radius 3 is 2.31 bits per heavy atom. The van der Waals surface area contributed by atoms with E-state index in [9.17, 15) is 13.2 Å². The van der Waals surface area contributed by atoms with Gasteiger partial charge in [0, 0.05) is 6.42 Å². The van der Waals surface area contributed by atoms with Crippen LogP contribution in [0.2, 0.25) is 0 Å². The summed E-state index contributed by atoms with van der Waals surface area (Å²) in [5, 5.41) is -1.11.